The fourth-order valence-corrected chi connectivity index (χ4v) is 2.11. The first-order chi connectivity index (χ1) is 7.50. The molecule has 1 saturated carbocycles. The number of aliphatic hydroxyl groups excluding tert-OH is 1. The smallest absolute Gasteiger partial charge is 0.237 e. The van der Waals surface area contributed by atoms with E-state index in [9.17, 15) is 9.90 Å². The molecule has 94 valence electrons. The van der Waals surface area contributed by atoms with Gasteiger partial charge in [0.25, 0.3) is 0 Å². The number of carbonyl (C=O) groups is 1. The monoisotopic (exact) mass is 228 g/mol. The van der Waals surface area contributed by atoms with Crippen molar-refractivity contribution in [2.24, 2.45) is 17.6 Å². The standard InChI is InChI=1S/C12H24N2O2/c1-8(2)11(13)12(16)14-7-9-4-3-5-10(15)6-9/h8-11,15H,3-7,13H2,1-2H3,(H,14,16)/t9?,10?,11-/m0/s1. The Morgan fingerprint density at radius 2 is 2.19 bits per heavy atom. The Morgan fingerprint density at radius 1 is 1.50 bits per heavy atom. The van der Waals surface area contributed by atoms with Crippen molar-refractivity contribution in [3.63, 3.8) is 0 Å². The van der Waals surface area contributed by atoms with Crippen LogP contribution in [0.3, 0.4) is 0 Å². The summed E-state index contributed by atoms with van der Waals surface area (Å²) in [4.78, 5) is 11.6. The van der Waals surface area contributed by atoms with Crippen molar-refractivity contribution in [1.82, 2.24) is 5.32 Å². The van der Waals surface area contributed by atoms with Crippen LogP contribution < -0.4 is 11.1 Å². The minimum atomic E-state index is -0.423. The number of rotatable bonds is 4. The van der Waals surface area contributed by atoms with Crippen LogP contribution in [0.5, 0.6) is 0 Å². The van der Waals surface area contributed by atoms with Crippen molar-refractivity contribution in [3.05, 3.63) is 0 Å². The highest BCUT2D eigenvalue weighted by molar-refractivity contribution is 5.81. The highest BCUT2D eigenvalue weighted by Crippen LogP contribution is 2.23. The van der Waals surface area contributed by atoms with E-state index < -0.39 is 6.04 Å². The van der Waals surface area contributed by atoms with Crippen LogP contribution in [-0.4, -0.2) is 29.7 Å². The molecular weight excluding hydrogens is 204 g/mol. The fraction of sp³-hybridized carbons (Fsp3) is 0.917. The number of hydrogen-bond acceptors (Lipinski definition) is 3. The third-order valence-corrected chi connectivity index (χ3v) is 3.34. The number of hydrogen-bond donors (Lipinski definition) is 3. The van der Waals surface area contributed by atoms with Crippen LogP contribution in [-0.2, 0) is 4.79 Å². The second kappa shape index (κ2) is 6.21. The van der Waals surface area contributed by atoms with Crippen LogP contribution in [0.1, 0.15) is 39.5 Å². The Kier molecular flexibility index (Phi) is 5.22. The van der Waals surface area contributed by atoms with Gasteiger partial charge in [0.2, 0.25) is 5.91 Å². The van der Waals surface area contributed by atoms with E-state index in [0.29, 0.717) is 12.5 Å². The molecular formula is C12H24N2O2. The number of nitrogens with one attached hydrogen (secondary N) is 1. The molecule has 0 radical (unpaired) electrons. The lowest BCUT2D eigenvalue weighted by molar-refractivity contribution is -0.123. The molecule has 16 heavy (non-hydrogen) atoms. The minimum absolute atomic E-state index is 0.0740. The van der Waals surface area contributed by atoms with Crippen LogP contribution in [0.2, 0.25) is 0 Å². The zero-order valence-corrected chi connectivity index (χ0v) is 10.3. The topological polar surface area (TPSA) is 75.4 Å². The summed E-state index contributed by atoms with van der Waals surface area (Å²) in [6.45, 7) is 4.53. The maximum absolute atomic E-state index is 11.6. The van der Waals surface area contributed by atoms with E-state index in [1.165, 1.54) is 0 Å². The first-order valence-corrected chi connectivity index (χ1v) is 6.22. The largest absolute Gasteiger partial charge is 0.393 e. The van der Waals surface area contributed by atoms with E-state index in [-0.39, 0.29) is 17.9 Å². The van der Waals surface area contributed by atoms with Gasteiger partial charge < -0.3 is 16.2 Å². The van der Waals surface area contributed by atoms with Crippen LogP contribution in [0.15, 0.2) is 0 Å². The predicted molar refractivity (Wildman–Crippen MR) is 63.8 cm³/mol. The van der Waals surface area contributed by atoms with Crippen LogP contribution >= 0.6 is 0 Å². The normalized spacial score (nSPS) is 27.8. The van der Waals surface area contributed by atoms with Gasteiger partial charge in [-0.15, -0.1) is 0 Å². The van der Waals surface area contributed by atoms with Crippen molar-refractivity contribution in [3.8, 4) is 0 Å². The summed E-state index contributed by atoms with van der Waals surface area (Å²) in [6, 6.07) is -0.423. The van der Waals surface area contributed by atoms with Gasteiger partial charge in [-0.3, -0.25) is 4.79 Å². The molecule has 1 rings (SSSR count). The molecule has 4 heteroatoms. The van der Waals surface area contributed by atoms with Gasteiger partial charge in [-0.25, -0.2) is 0 Å². The average Bonchev–Trinajstić information content (AvgIpc) is 2.24. The third kappa shape index (κ3) is 4.10. The Hall–Kier alpha value is -0.610. The number of amides is 1. The van der Waals surface area contributed by atoms with Crippen molar-refractivity contribution >= 4 is 5.91 Å². The molecule has 0 spiro atoms. The molecule has 3 atom stereocenters. The van der Waals surface area contributed by atoms with Gasteiger partial charge in [0.15, 0.2) is 0 Å². The van der Waals surface area contributed by atoms with Gasteiger partial charge in [0, 0.05) is 6.54 Å². The van der Waals surface area contributed by atoms with Crippen molar-refractivity contribution in [1.29, 1.82) is 0 Å². The molecule has 0 saturated heterocycles. The lowest BCUT2D eigenvalue weighted by atomic mass is 9.87. The number of nitrogens with two attached hydrogens (primary N) is 1. The second-order valence-electron chi connectivity index (χ2n) is 5.20. The van der Waals surface area contributed by atoms with Crippen molar-refractivity contribution in [2.45, 2.75) is 51.7 Å². The van der Waals surface area contributed by atoms with Gasteiger partial charge in [-0.2, -0.15) is 0 Å². The first kappa shape index (κ1) is 13.5. The molecule has 0 aromatic carbocycles. The van der Waals surface area contributed by atoms with Gasteiger partial charge >= 0.3 is 0 Å². The molecule has 1 aliphatic rings. The maximum Gasteiger partial charge on any atom is 0.237 e. The predicted octanol–water partition coefficient (Wildman–Crippen LogP) is 0.637. The van der Waals surface area contributed by atoms with E-state index in [0.717, 1.165) is 25.7 Å². The molecule has 1 fully saturated rings. The SMILES string of the molecule is CC(C)[C@H](N)C(=O)NCC1CCCC(O)C1. The number of carbonyl (C=O) groups excluding carboxylic acids is 1. The van der Waals surface area contributed by atoms with Crippen LogP contribution in [0.4, 0.5) is 0 Å². The summed E-state index contributed by atoms with van der Waals surface area (Å²) in [5.74, 6) is 0.499. The second-order valence-corrected chi connectivity index (χ2v) is 5.20. The Bertz CT molecular complexity index is 231. The zero-order valence-electron chi connectivity index (χ0n) is 10.3. The molecule has 2 unspecified atom stereocenters. The van der Waals surface area contributed by atoms with Gasteiger partial charge in [-0.1, -0.05) is 20.3 Å². The van der Waals surface area contributed by atoms with E-state index in [4.69, 9.17) is 5.73 Å². The minimum Gasteiger partial charge on any atom is -0.393 e. The van der Waals surface area contributed by atoms with Crippen LogP contribution in [0, 0.1) is 11.8 Å². The number of aliphatic hydroxyl groups is 1. The van der Waals surface area contributed by atoms with Gasteiger partial charge in [-0.05, 0) is 31.1 Å². The molecule has 0 heterocycles. The fourth-order valence-electron chi connectivity index (χ4n) is 2.11. The highest BCUT2D eigenvalue weighted by Gasteiger charge is 2.22. The van der Waals surface area contributed by atoms with E-state index in [1.807, 2.05) is 13.8 Å². The van der Waals surface area contributed by atoms with E-state index in [1.54, 1.807) is 0 Å². The lowest BCUT2D eigenvalue weighted by Gasteiger charge is -2.26. The Morgan fingerprint density at radius 3 is 2.75 bits per heavy atom. The van der Waals surface area contributed by atoms with Gasteiger partial charge in [0.05, 0.1) is 12.1 Å². The van der Waals surface area contributed by atoms with Crippen molar-refractivity contribution in [2.75, 3.05) is 6.54 Å². The Balaban J connectivity index is 2.25. The molecule has 1 amide bonds. The molecule has 0 aliphatic heterocycles. The van der Waals surface area contributed by atoms with E-state index in [2.05, 4.69) is 5.32 Å². The third-order valence-electron chi connectivity index (χ3n) is 3.34. The Labute approximate surface area is 97.6 Å². The summed E-state index contributed by atoms with van der Waals surface area (Å²) in [5.41, 5.74) is 5.74. The summed E-state index contributed by atoms with van der Waals surface area (Å²) in [7, 11) is 0. The van der Waals surface area contributed by atoms with Crippen LogP contribution in [0.25, 0.3) is 0 Å². The molecule has 0 aromatic rings. The molecule has 0 bridgehead atoms. The maximum atomic E-state index is 11.6. The highest BCUT2D eigenvalue weighted by atomic mass is 16.3. The summed E-state index contributed by atoms with van der Waals surface area (Å²) >= 11 is 0. The first-order valence-electron chi connectivity index (χ1n) is 6.22. The van der Waals surface area contributed by atoms with Gasteiger partial charge in [0.1, 0.15) is 0 Å². The summed E-state index contributed by atoms with van der Waals surface area (Å²) < 4.78 is 0. The summed E-state index contributed by atoms with van der Waals surface area (Å²) in [5, 5.41) is 12.4. The molecule has 1 aliphatic carbocycles. The molecule has 0 aromatic heterocycles. The lowest BCUT2D eigenvalue weighted by Crippen LogP contribution is -2.45. The average molecular weight is 228 g/mol. The quantitative estimate of drug-likeness (QED) is 0.661. The summed E-state index contributed by atoms with van der Waals surface area (Å²) in [6.07, 6.45) is 3.66. The van der Waals surface area contributed by atoms with E-state index >= 15 is 0 Å². The van der Waals surface area contributed by atoms with Crippen molar-refractivity contribution < 1.29 is 9.90 Å². The molecule has 4 nitrogen and oxygen atoms in total. The zero-order chi connectivity index (χ0) is 12.1. The molecule has 4 N–H and O–H groups in total.